The number of rotatable bonds is 46. The molecular formula is C93H104Cl9F8NO19S2. The number of hydrogen-bond donors (Lipinski definition) is 1. The van der Waals surface area contributed by atoms with Crippen LogP contribution in [0.4, 0.5) is 35.1 Å². The summed E-state index contributed by atoms with van der Waals surface area (Å²) < 4.78 is 208. The summed E-state index contributed by atoms with van der Waals surface area (Å²) in [5.74, 6) is -7.84. The van der Waals surface area contributed by atoms with Gasteiger partial charge >= 0.3 is 30.4 Å². The van der Waals surface area contributed by atoms with Gasteiger partial charge in [-0.15, -0.1) is 11.6 Å². The van der Waals surface area contributed by atoms with Gasteiger partial charge in [0, 0.05) is 40.9 Å². The van der Waals surface area contributed by atoms with Crippen molar-refractivity contribution in [2.45, 2.75) is 181 Å². The van der Waals surface area contributed by atoms with Crippen molar-refractivity contribution in [3.8, 4) is 46.0 Å². The molecule has 0 saturated heterocycles. The monoisotopic (exact) mass is 2070 g/mol. The van der Waals surface area contributed by atoms with E-state index in [9.17, 15) is 75.9 Å². The second kappa shape index (κ2) is 50.3. The summed E-state index contributed by atoms with van der Waals surface area (Å²) in [6, 6.07) is 37.4. The summed E-state index contributed by atoms with van der Waals surface area (Å²) in [7, 11) is -6.56. The van der Waals surface area contributed by atoms with E-state index < -0.39 is 120 Å². The smallest absolute Gasteiger partial charge is 0.463 e. The van der Waals surface area contributed by atoms with Crippen LogP contribution in [0.3, 0.4) is 0 Å². The molecule has 0 aliphatic rings. The molecule has 0 amide bonds. The summed E-state index contributed by atoms with van der Waals surface area (Å²) >= 11 is 56.8. The number of halogens is 17. The Balaban J connectivity index is 0.000000312. The van der Waals surface area contributed by atoms with Gasteiger partial charge in [0.05, 0.1) is 86.0 Å². The molecule has 0 aliphatic heterocycles. The Kier molecular flexibility index (Phi) is 43.7. The number of unbranched alkanes of at least 4 members (excludes halogenated alkanes) is 3. The molecule has 0 aromatic heterocycles. The quantitative estimate of drug-likeness (QED) is 0.0122. The Morgan fingerprint density at radius 3 is 0.826 bits per heavy atom. The first-order chi connectivity index (χ1) is 61.3. The Hall–Kier alpha value is -7.82. The third-order valence-electron chi connectivity index (χ3n) is 20.0. The highest BCUT2D eigenvalue weighted by molar-refractivity contribution is 7.91. The maximum atomic E-state index is 14.1. The van der Waals surface area contributed by atoms with Crippen LogP contribution in [0.2, 0.25) is 40.2 Å². The molecule has 0 aliphatic carbocycles. The Bertz CT molecular complexity index is 5380. The van der Waals surface area contributed by atoms with E-state index >= 15 is 0 Å². The average Bonchev–Trinajstić information content (AvgIpc) is 0.794. The standard InChI is InChI=1S/C25H28Cl2F2O5.C23H27Cl2F2NO5S.C23H26Cl2F2O5S.C22H23Cl3F2O4/c1-5-7-12-33-23-19(26)13-17(14-20(23)27)24(3,4)16-8-10-18(11-9-16)34-25(28,29)21(30)15-22(31)32-6-2;1-5-6-11-32-21-18(24)12-16(13-19(21)25)22(2,3)15-7-9-17(10-8-15)33-23(26,27)20(29)14-28-34(4,30)31;1-5-6-11-31-21-18(24)12-16(13-19(21)25)22(2,3)15-7-9-17(10-8-15)32-23(26,27)20(28)14-33(4,29)30;1-21(2,15-11-17(24)20(18(25)12-15)30-10-4-9-23)14-5-7-16(8-6-14)31-22(26,27)19(28)13-29-3/h8-11,13-14H,5-7,12,15H2,1-4H3;7-10,12-13,28H,5-6,11,14H2,1-4H3;7-10,12-13H,5-6,11,14H2,1-4H3;5-8,11-12H,4,9-10,13H2,1-3H3. The molecule has 0 fully saturated rings. The highest BCUT2D eigenvalue weighted by Gasteiger charge is 2.46. The van der Waals surface area contributed by atoms with Crippen LogP contribution in [-0.4, -0.2) is 148 Å². The van der Waals surface area contributed by atoms with Crippen LogP contribution in [-0.2, 0) is 75.0 Å². The fourth-order valence-electron chi connectivity index (χ4n) is 11.9. The molecule has 39 heteroatoms. The number of nitrogens with one attached hydrogen (secondary N) is 1. The maximum absolute atomic E-state index is 14.1. The molecule has 8 rings (SSSR count). The lowest BCUT2D eigenvalue weighted by Crippen LogP contribution is -2.42. The fraction of sp³-hybridized carbons (Fsp3) is 0.430. The number of esters is 1. The Morgan fingerprint density at radius 2 is 0.598 bits per heavy atom. The second-order valence-corrected chi connectivity index (χ2v) is 39.5. The minimum Gasteiger partial charge on any atom is -0.490 e. The fourth-order valence-corrected chi connectivity index (χ4v) is 15.5. The van der Waals surface area contributed by atoms with E-state index in [1.807, 2.05) is 69.2 Å². The van der Waals surface area contributed by atoms with Crippen LogP contribution < -0.4 is 42.6 Å². The van der Waals surface area contributed by atoms with Gasteiger partial charge < -0.3 is 47.4 Å². The van der Waals surface area contributed by atoms with E-state index in [1.165, 1.54) is 55.5 Å². The molecule has 0 unspecified atom stereocenters. The minimum absolute atomic E-state index is 0.0131. The van der Waals surface area contributed by atoms with E-state index in [4.69, 9.17) is 123 Å². The average molecular weight is 2080 g/mol. The van der Waals surface area contributed by atoms with E-state index in [2.05, 4.69) is 35.3 Å². The summed E-state index contributed by atoms with van der Waals surface area (Å²) in [5, 5.41) is 2.96. The molecule has 20 nitrogen and oxygen atoms in total. The molecule has 1 N–H and O–H groups in total. The lowest BCUT2D eigenvalue weighted by Gasteiger charge is -2.27. The Labute approximate surface area is 809 Å². The first kappa shape index (κ1) is 115. The SMILES string of the molecule is CCCCOc1c(Cl)cc(C(C)(C)c2ccc(OC(F)(F)C(=O)CC(=O)OCC)cc2)cc1Cl.CCCCOc1c(Cl)cc(C(C)(C)c2ccc(OC(F)(F)C(=O)CNS(C)(=O)=O)cc2)cc1Cl.CCCCOc1c(Cl)cc(C(C)(C)c2ccc(OC(F)(F)C(=O)CS(C)(=O)=O)cc2)cc1Cl.COCC(=O)C(F)(F)Oc1ccc(C(C)(C)c2cc(Cl)c(OCCCCl)c(Cl)c2)cc1. The summed E-state index contributed by atoms with van der Waals surface area (Å²) in [4.78, 5) is 57.7. The minimum atomic E-state index is -4.27. The molecule has 8 aromatic carbocycles. The van der Waals surface area contributed by atoms with Crippen molar-refractivity contribution in [2.75, 3.05) is 77.4 Å². The van der Waals surface area contributed by atoms with Gasteiger partial charge in [-0.25, -0.2) is 21.6 Å². The number of alkyl halides is 9. The maximum Gasteiger partial charge on any atom is 0.463 e. The zero-order valence-corrected chi connectivity index (χ0v) is 83.3. The van der Waals surface area contributed by atoms with E-state index in [0.717, 1.165) is 96.4 Å². The largest absolute Gasteiger partial charge is 0.490 e. The molecule has 0 heterocycles. The number of hydrogen-bond acceptors (Lipinski definition) is 19. The topological polar surface area (TPSA) is 258 Å². The van der Waals surface area contributed by atoms with Gasteiger partial charge in [0.15, 0.2) is 32.8 Å². The third-order valence-corrected chi connectivity index (χ3v) is 24.0. The van der Waals surface area contributed by atoms with Gasteiger partial charge in [0.2, 0.25) is 10.0 Å². The first-order valence-electron chi connectivity index (χ1n) is 40.9. The van der Waals surface area contributed by atoms with Gasteiger partial charge in [-0.05, 0) is 174 Å². The second-order valence-electron chi connectivity index (χ2n) is 31.9. The normalized spacial score (nSPS) is 12.2. The molecule has 0 atom stereocenters. The van der Waals surface area contributed by atoms with Crippen LogP contribution in [0.25, 0.3) is 0 Å². The molecular weight excluding hydrogens is 1970 g/mol. The van der Waals surface area contributed by atoms with Crippen LogP contribution in [0, 0.1) is 0 Å². The van der Waals surface area contributed by atoms with Crippen LogP contribution >= 0.6 is 104 Å². The van der Waals surface area contributed by atoms with Crippen LogP contribution in [0.15, 0.2) is 146 Å². The summed E-state index contributed by atoms with van der Waals surface area (Å²) in [5.41, 5.74) is 3.87. The molecule has 132 heavy (non-hydrogen) atoms. The van der Waals surface area contributed by atoms with Gasteiger partial charge in [-0.3, -0.25) is 24.0 Å². The zero-order chi connectivity index (χ0) is 99.5. The predicted molar refractivity (Wildman–Crippen MR) is 500 cm³/mol. The molecule has 0 spiro atoms. The highest BCUT2D eigenvalue weighted by atomic mass is 35.5. The van der Waals surface area contributed by atoms with Crippen molar-refractivity contribution in [1.82, 2.24) is 4.72 Å². The number of Topliss-reactive ketones (excluding diaryl/α,β-unsaturated/α-hetero) is 4. The van der Waals surface area contributed by atoms with Crippen LogP contribution in [0.1, 0.15) is 179 Å². The Morgan fingerprint density at radius 1 is 0.356 bits per heavy atom. The van der Waals surface area contributed by atoms with Gasteiger partial charge in [-0.2, -0.15) is 35.1 Å². The molecule has 0 bridgehead atoms. The lowest BCUT2D eigenvalue weighted by atomic mass is 9.78. The lowest BCUT2D eigenvalue weighted by molar-refractivity contribution is -0.193. The number of carbonyl (C=O) groups is 5. The van der Waals surface area contributed by atoms with Crippen molar-refractivity contribution in [1.29, 1.82) is 0 Å². The predicted octanol–water partition coefficient (Wildman–Crippen LogP) is 25.2. The number of methoxy groups -OCH3 is 1. The summed E-state index contributed by atoms with van der Waals surface area (Å²) in [6.45, 7) is 23.1. The van der Waals surface area contributed by atoms with E-state index in [0.29, 0.717) is 108 Å². The number of carbonyl (C=O) groups excluding carboxylic acids is 5. The number of ether oxygens (including phenoxy) is 10. The number of sulfone groups is 1. The van der Waals surface area contributed by atoms with Crippen molar-refractivity contribution in [3.63, 3.8) is 0 Å². The number of ketones is 4. The van der Waals surface area contributed by atoms with Crippen molar-refractivity contribution < 1.29 is 123 Å². The van der Waals surface area contributed by atoms with Gasteiger partial charge in [-0.1, -0.05) is 237 Å². The van der Waals surface area contributed by atoms with Crippen LogP contribution in [0.5, 0.6) is 46.0 Å². The zero-order valence-electron chi connectivity index (χ0n) is 74.9. The third kappa shape index (κ3) is 34.2. The van der Waals surface area contributed by atoms with Gasteiger partial charge in [0.1, 0.15) is 41.8 Å². The first-order valence-corrected chi connectivity index (χ1v) is 48.4. The van der Waals surface area contributed by atoms with Crippen molar-refractivity contribution in [3.05, 3.63) is 230 Å². The van der Waals surface area contributed by atoms with E-state index in [-0.39, 0.29) is 29.6 Å². The van der Waals surface area contributed by atoms with Gasteiger partial charge in [0.25, 0.3) is 23.1 Å². The molecule has 8 aromatic rings. The number of sulfonamides is 1. The molecule has 0 saturated carbocycles. The van der Waals surface area contributed by atoms with Crippen molar-refractivity contribution >= 4 is 153 Å². The molecule has 726 valence electrons. The molecule has 0 radical (unpaired) electrons. The van der Waals surface area contributed by atoms with Crippen molar-refractivity contribution in [2.24, 2.45) is 0 Å². The van der Waals surface area contributed by atoms with E-state index in [1.54, 1.807) is 102 Å². The summed E-state index contributed by atoms with van der Waals surface area (Å²) in [6.07, 6.45) is -10.1. The highest BCUT2D eigenvalue weighted by Crippen LogP contribution is 2.47. The number of benzene rings is 8.